The number of benzene rings is 1. The number of Topliss-reactive ketones (excluding diaryl/α,β-unsaturated/α-hetero) is 2. The Morgan fingerprint density at radius 2 is 1.23 bits per heavy atom. The van der Waals surface area contributed by atoms with Gasteiger partial charge in [0.15, 0.2) is 11.6 Å². The van der Waals surface area contributed by atoms with Gasteiger partial charge < -0.3 is 4.74 Å². The highest BCUT2D eigenvalue weighted by Gasteiger charge is 2.54. The average Bonchev–Trinajstić information content (AvgIpc) is 2.58. The van der Waals surface area contributed by atoms with Gasteiger partial charge in [0, 0.05) is 49.0 Å². The molecule has 0 fully saturated rings. The first-order valence-corrected chi connectivity index (χ1v) is 10.3. The molecule has 30 heavy (non-hydrogen) atoms. The lowest BCUT2D eigenvalue weighted by Crippen LogP contribution is -2.46. The van der Waals surface area contributed by atoms with Crippen molar-refractivity contribution >= 4 is 17.3 Å². The second kappa shape index (κ2) is 6.37. The maximum Gasteiger partial charge on any atom is 0.269 e. The van der Waals surface area contributed by atoms with Gasteiger partial charge in [0.05, 0.1) is 10.3 Å². The average molecular weight is 409 g/mol. The molecule has 6 nitrogen and oxygen atoms in total. The highest BCUT2D eigenvalue weighted by atomic mass is 16.6. The molecule has 0 amide bonds. The number of nitrogens with zero attached hydrogens (tertiary/aromatic N) is 1. The van der Waals surface area contributed by atoms with Crippen molar-refractivity contribution in [2.75, 3.05) is 0 Å². The first-order valence-electron chi connectivity index (χ1n) is 10.3. The Balaban J connectivity index is 1.96. The number of nitro benzene ring substituents is 1. The van der Waals surface area contributed by atoms with Gasteiger partial charge in [0.1, 0.15) is 11.5 Å². The van der Waals surface area contributed by atoms with Crippen LogP contribution in [0.4, 0.5) is 5.69 Å². The maximum absolute atomic E-state index is 13.3. The van der Waals surface area contributed by atoms with E-state index in [0.717, 1.165) is 0 Å². The molecular weight excluding hydrogens is 382 g/mol. The van der Waals surface area contributed by atoms with E-state index in [4.69, 9.17) is 4.74 Å². The van der Waals surface area contributed by atoms with Gasteiger partial charge in [-0.15, -0.1) is 0 Å². The fourth-order valence-corrected chi connectivity index (χ4v) is 5.30. The Kier molecular flexibility index (Phi) is 4.35. The van der Waals surface area contributed by atoms with Gasteiger partial charge in [-0.05, 0) is 23.3 Å². The summed E-state index contributed by atoms with van der Waals surface area (Å²) in [5, 5.41) is 11.1. The van der Waals surface area contributed by atoms with Crippen molar-refractivity contribution in [2.24, 2.45) is 10.8 Å². The van der Waals surface area contributed by atoms with E-state index in [9.17, 15) is 19.7 Å². The smallest absolute Gasteiger partial charge is 0.269 e. The number of ketones is 2. The SMILES string of the molecule is CC1(C)CC(=O)C2=C(C1)OC1=C(C(=O)CC(C)(C)C1)C2(C)c1ccc([N+](=O)[O-])cc1. The molecular formula is C24H27NO5. The van der Waals surface area contributed by atoms with Crippen molar-refractivity contribution in [2.45, 2.75) is 65.7 Å². The molecule has 0 atom stereocenters. The number of carbonyl (C=O) groups is 2. The third kappa shape index (κ3) is 3.09. The summed E-state index contributed by atoms with van der Waals surface area (Å²) in [6.45, 7) is 10.1. The standard InChI is InChI=1S/C24H27NO5/c1-22(2)10-16(26)20-18(12-22)30-19-13-23(3,4)11-17(27)21(19)24(20,5)14-6-8-15(9-7-14)25(28)29/h6-9H,10-13H2,1-5H3. The van der Waals surface area contributed by atoms with E-state index in [2.05, 4.69) is 0 Å². The summed E-state index contributed by atoms with van der Waals surface area (Å²) in [4.78, 5) is 37.4. The molecule has 0 radical (unpaired) electrons. The van der Waals surface area contributed by atoms with E-state index in [0.29, 0.717) is 53.9 Å². The number of rotatable bonds is 2. The third-order valence-electron chi connectivity index (χ3n) is 6.57. The van der Waals surface area contributed by atoms with E-state index < -0.39 is 10.3 Å². The Morgan fingerprint density at radius 1 is 0.800 bits per heavy atom. The van der Waals surface area contributed by atoms with E-state index in [1.807, 2.05) is 34.6 Å². The molecule has 3 aliphatic rings. The molecule has 2 aliphatic carbocycles. The molecule has 1 heterocycles. The number of carbonyl (C=O) groups excluding carboxylic acids is 2. The number of ether oxygens (including phenoxy) is 1. The van der Waals surface area contributed by atoms with Gasteiger partial charge in [-0.2, -0.15) is 0 Å². The molecule has 0 aromatic heterocycles. The van der Waals surface area contributed by atoms with E-state index in [1.165, 1.54) is 12.1 Å². The minimum atomic E-state index is -0.973. The van der Waals surface area contributed by atoms with Crippen molar-refractivity contribution in [3.8, 4) is 0 Å². The van der Waals surface area contributed by atoms with Crippen molar-refractivity contribution in [1.29, 1.82) is 0 Å². The van der Waals surface area contributed by atoms with Crippen LogP contribution in [-0.2, 0) is 19.7 Å². The van der Waals surface area contributed by atoms with Crippen LogP contribution in [0.5, 0.6) is 0 Å². The Morgan fingerprint density at radius 3 is 1.63 bits per heavy atom. The first kappa shape index (κ1) is 20.5. The molecule has 0 saturated carbocycles. The zero-order valence-corrected chi connectivity index (χ0v) is 18.1. The van der Waals surface area contributed by atoms with E-state index in [-0.39, 0.29) is 28.1 Å². The van der Waals surface area contributed by atoms with Gasteiger partial charge in [-0.25, -0.2) is 0 Å². The normalized spacial score (nSPS) is 24.2. The maximum atomic E-state index is 13.3. The van der Waals surface area contributed by atoms with Gasteiger partial charge in [-0.3, -0.25) is 19.7 Å². The van der Waals surface area contributed by atoms with Crippen molar-refractivity contribution in [1.82, 2.24) is 0 Å². The predicted molar refractivity (Wildman–Crippen MR) is 112 cm³/mol. The molecule has 0 spiro atoms. The van der Waals surface area contributed by atoms with Crippen LogP contribution in [0.2, 0.25) is 0 Å². The zero-order chi connectivity index (χ0) is 22.1. The number of hydrogen-bond donors (Lipinski definition) is 0. The zero-order valence-electron chi connectivity index (χ0n) is 18.1. The molecule has 1 aromatic carbocycles. The summed E-state index contributed by atoms with van der Waals surface area (Å²) in [7, 11) is 0. The van der Waals surface area contributed by atoms with Crippen LogP contribution >= 0.6 is 0 Å². The molecule has 1 aliphatic heterocycles. The molecule has 4 rings (SSSR count). The van der Waals surface area contributed by atoms with Gasteiger partial charge >= 0.3 is 0 Å². The second-order valence-electron chi connectivity index (χ2n) is 10.5. The molecule has 0 unspecified atom stereocenters. The monoisotopic (exact) mass is 409 g/mol. The van der Waals surface area contributed by atoms with E-state index >= 15 is 0 Å². The summed E-state index contributed by atoms with van der Waals surface area (Å²) < 4.78 is 6.29. The minimum Gasteiger partial charge on any atom is -0.465 e. The molecule has 0 bridgehead atoms. The van der Waals surface area contributed by atoms with Crippen LogP contribution in [0, 0.1) is 20.9 Å². The quantitative estimate of drug-likeness (QED) is 0.497. The predicted octanol–water partition coefficient (Wildman–Crippen LogP) is 5.17. The van der Waals surface area contributed by atoms with Crippen LogP contribution in [0.25, 0.3) is 0 Å². The van der Waals surface area contributed by atoms with Crippen LogP contribution in [-0.4, -0.2) is 16.5 Å². The second-order valence-corrected chi connectivity index (χ2v) is 10.5. The summed E-state index contributed by atoms with van der Waals surface area (Å²) >= 11 is 0. The lowest BCUT2D eigenvalue weighted by molar-refractivity contribution is -0.384. The van der Waals surface area contributed by atoms with Crippen LogP contribution in [0.1, 0.15) is 65.9 Å². The van der Waals surface area contributed by atoms with Crippen LogP contribution in [0.3, 0.4) is 0 Å². The van der Waals surface area contributed by atoms with Gasteiger partial charge in [0.25, 0.3) is 5.69 Å². The third-order valence-corrected chi connectivity index (χ3v) is 6.57. The van der Waals surface area contributed by atoms with Crippen molar-refractivity contribution in [3.63, 3.8) is 0 Å². The number of non-ortho nitro benzene ring substituents is 1. The molecule has 6 heteroatoms. The van der Waals surface area contributed by atoms with Crippen molar-refractivity contribution < 1.29 is 19.2 Å². The molecule has 1 aromatic rings. The number of nitro groups is 1. The summed E-state index contributed by atoms with van der Waals surface area (Å²) in [5.41, 5.74) is 0.323. The first-order chi connectivity index (χ1) is 13.8. The fourth-order valence-electron chi connectivity index (χ4n) is 5.30. The summed E-state index contributed by atoms with van der Waals surface area (Å²) in [6, 6.07) is 6.20. The van der Waals surface area contributed by atoms with Gasteiger partial charge in [0.2, 0.25) is 0 Å². The highest BCUT2D eigenvalue weighted by molar-refractivity contribution is 6.08. The number of hydrogen-bond acceptors (Lipinski definition) is 5. The number of allylic oxidation sites excluding steroid dienone is 4. The molecule has 0 saturated heterocycles. The van der Waals surface area contributed by atoms with Crippen LogP contribution in [0.15, 0.2) is 46.9 Å². The molecule has 158 valence electrons. The highest BCUT2D eigenvalue weighted by Crippen LogP contribution is 2.56. The van der Waals surface area contributed by atoms with E-state index in [1.54, 1.807) is 12.1 Å². The fraction of sp³-hybridized carbons (Fsp3) is 0.500. The lowest BCUT2D eigenvalue weighted by atomic mass is 9.58. The Hall–Kier alpha value is -2.76. The summed E-state index contributed by atoms with van der Waals surface area (Å²) in [6.07, 6.45) is 1.98. The van der Waals surface area contributed by atoms with Crippen molar-refractivity contribution in [3.05, 3.63) is 62.6 Å². The summed E-state index contributed by atoms with van der Waals surface area (Å²) in [5.74, 6) is 1.24. The van der Waals surface area contributed by atoms with Gasteiger partial charge in [-0.1, -0.05) is 39.8 Å². The topological polar surface area (TPSA) is 86.5 Å². The van der Waals surface area contributed by atoms with Crippen LogP contribution < -0.4 is 0 Å². The largest absolute Gasteiger partial charge is 0.465 e. The Labute approximate surface area is 176 Å². The minimum absolute atomic E-state index is 0.0220. The lowest BCUT2D eigenvalue weighted by Gasteiger charge is -2.47. The Bertz CT molecular complexity index is 988. The molecule has 0 N–H and O–H groups in total.